The summed E-state index contributed by atoms with van der Waals surface area (Å²) in [6.07, 6.45) is 1.76. The molecule has 76 valence electrons. The summed E-state index contributed by atoms with van der Waals surface area (Å²) in [7, 11) is 0. The average Bonchev–Trinajstić information content (AvgIpc) is 2.29. The van der Waals surface area contributed by atoms with Gasteiger partial charge in [-0.2, -0.15) is 0 Å². The number of hydrogen-bond acceptors (Lipinski definition) is 2. The Labute approximate surface area is 98.5 Å². The molecule has 0 amide bonds. The molecular weight excluding hydrogens is 226 g/mol. The third-order valence-corrected chi connectivity index (χ3v) is 3.44. The van der Waals surface area contributed by atoms with E-state index in [9.17, 15) is 0 Å². The van der Waals surface area contributed by atoms with Gasteiger partial charge in [-0.05, 0) is 17.7 Å². The first-order valence-corrected chi connectivity index (χ1v) is 6.00. The largest absolute Gasteiger partial charge is 0.248 e. The van der Waals surface area contributed by atoms with E-state index in [2.05, 4.69) is 17.1 Å². The van der Waals surface area contributed by atoms with Gasteiger partial charge >= 0.3 is 0 Å². The van der Waals surface area contributed by atoms with Crippen molar-refractivity contribution in [2.45, 2.75) is 10.8 Å². The van der Waals surface area contributed by atoms with E-state index in [4.69, 9.17) is 11.6 Å². The summed E-state index contributed by atoms with van der Waals surface area (Å²) in [5.74, 6) is 0.900. The van der Waals surface area contributed by atoms with E-state index in [1.54, 1.807) is 18.0 Å². The van der Waals surface area contributed by atoms with Crippen LogP contribution in [0.1, 0.15) is 5.56 Å². The molecule has 1 nitrogen and oxygen atoms in total. The number of halogens is 1. The maximum atomic E-state index is 6.01. The molecule has 0 aliphatic heterocycles. The lowest BCUT2D eigenvalue weighted by atomic mass is 10.2. The zero-order valence-electron chi connectivity index (χ0n) is 8.06. The van der Waals surface area contributed by atoms with Crippen molar-refractivity contribution in [3.05, 3.63) is 59.2 Å². The molecule has 0 saturated carbocycles. The van der Waals surface area contributed by atoms with Gasteiger partial charge in [0.05, 0.1) is 5.02 Å². The molecule has 0 fully saturated rings. The van der Waals surface area contributed by atoms with Gasteiger partial charge in [0, 0.05) is 11.9 Å². The molecule has 1 aromatic heterocycles. The van der Waals surface area contributed by atoms with E-state index in [1.165, 1.54) is 5.56 Å². The highest BCUT2D eigenvalue weighted by molar-refractivity contribution is 7.98. The predicted octanol–water partition coefficient (Wildman–Crippen LogP) is 4.03. The van der Waals surface area contributed by atoms with E-state index < -0.39 is 0 Å². The van der Waals surface area contributed by atoms with Gasteiger partial charge < -0.3 is 0 Å². The van der Waals surface area contributed by atoms with Crippen molar-refractivity contribution in [1.82, 2.24) is 4.98 Å². The van der Waals surface area contributed by atoms with Gasteiger partial charge in [-0.1, -0.05) is 41.9 Å². The van der Waals surface area contributed by atoms with Crippen molar-refractivity contribution >= 4 is 23.4 Å². The number of thioether (sulfide) groups is 1. The average molecular weight is 236 g/mol. The van der Waals surface area contributed by atoms with Gasteiger partial charge in [0.1, 0.15) is 5.03 Å². The van der Waals surface area contributed by atoms with Crippen LogP contribution in [0.25, 0.3) is 0 Å². The van der Waals surface area contributed by atoms with Crippen molar-refractivity contribution in [3.63, 3.8) is 0 Å². The van der Waals surface area contributed by atoms with E-state index in [0.717, 1.165) is 15.8 Å². The topological polar surface area (TPSA) is 12.9 Å². The van der Waals surface area contributed by atoms with Gasteiger partial charge in [0.2, 0.25) is 0 Å². The zero-order valence-corrected chi connectivity index (χ0v) is 9.63. The van der Waals surface area contributed by atoms with E-state index in [-0.39, 0.29) is 0 Å². The molecule has 0 bridgehead atoms. The highest BCUT2D eigenvalue weighted by Crippen LogP contribution is 2.26. The van der Waals surface area contributed by atoms with Crippen LogP contribution in [0.15, 0.2) is 53.7 Å². The molecule has 0 spiro atoms. The first-order valence-electron chi connectivity index (χ1n) is 4.63. The van der Waals surface area contributed by atoms with E-state index >= 15 is 0 Å². The number of benzene rings is 1. The van der Waals surface area contributed by atoms with Crippen LogP contribution in [0.4, 0.5) is 0 Å². The smallest absolute Gasteiger partial charge is 0.115 e. The molecule has 3 heteroatoms. The first-order chi connectivity index (χ1) is 7.36. The first kappa shape index (κ1) is 10.5. The van der Waals surface area contributed by atoms with Crippen LogP contribution < -0.4 is 0 Å². The Morgan fingerprint density at radius 1 is 1.07 bits per heavy atom. The van der Waals surface area contributed by atoms with Crippen LogP contribution in [-0.2, 0) is 5.75 Å². The zero-order chi connectivity index (χ0) is 10.5. The van der Waals surface area contributed by atoms with Gasteiger partial charge in [-0.3, -0.25) is 0 Å². The molecule has 0 atom stereocenters. The van der Waals surface area contributed by atoms with E-state index in [0.29, 0.717) is 0 Å². The van der Waals surface area contributed by atoms with Gasteiger partial charge in [-0.25, -0.2) is 4.98 Å². The molecule has 2 rings (SSSR count). The van der Waals surface area contributed by atoms with Crippen LogP contribution in [0.3, 0.4) is 0 Å². The minimum atomic E-state index is 0.721. The minimum absolute atomic E-state index is 0.721. The fraction of sp³-hybridized carbons (Fsp3) is 0.0833. The Balaban J connectivity index is 2.03. The van der Waals surface area contributed by atoms with Gasteiger partial charge in [0.15, 0.2) is 0 Å². The van der Waals surface area contributed by atoms with Crippen LogP contribution in [-0.4, -0.2) is 4.98 Å². The second-order valence-electron chi connectivity index (χ2n) is 3.06. The van der Waals surface area contributed by atoms with Crippen LogP contribution in [0.5, 0.6) is 0 Å². The highest BCUT2D eigenvalue weighted by Gasteiger charge is 2.01. The maximum Gasteiger partial charge on any atom is 0.115 e. The minimum Gasteiger partial charge on any atom is -0.248 e. The quantitative estimate of drug-likeness (QED) is 0.745. The monoisotopic (exact) mass is 235 g/mol. The molecule has 0 N–H and O–H groups in total. The number of hydrogen-bond donors (Lipinski definition) is 0. The summed E-state index contributed by atoms with van der Waals surface area (Å²) >= 11 is 7.66. The lowest BCUT2D eigenvalue weighted by molar-refractivity contribution is 1.13. The Kier molecular flexibility index (Phi) is 3.64. The maximum absolute atomic E-state index is 6.01. The Bertz CT molecular complexity index is 431. The molecule has 1 heterocycles. The molecule has 0 radical (unpaired) electrons. The second kappa shape index (κ2) is 5.19. The fourth-order valence-electron chi connectivity index (χ4n) is 1.20. The lowest BCUT2D eigenvalue weighted by Gasteiger charge is -2.02. The summed E-state index contributed by atoms with van der Waals surface area (Å²) in [6.45, 7) is 0. The molecular formula is C12H10ClNS. The third-order valence-electron chi connectivity index (χ3n) is 1.94. The van der Waals surface area contributed by atoms with Crippen molar-refractivity contribution in [2.75, 3.05) is 0 Å². The molecule has 0 aliphatic rings. The summed E-state index contributed by atoms with van der Waals surface area (Å²) in [5, 5.41) is 1.61. The number of rotatable bonds is 3. The van der Waals surface area contributed by atoms with Gasteiger partial charge in [0.25, 0.3) is 0 Å². The highest BCUT2D eigenvalue weighted by atomic mass is 35.5. The molecule has 0 unspecified atom stereocenters. The Hall–Kier alpha value is -0.990. The molecule has 0 aliphatic carbocycles. The third kappa shape index (κ3) is 2.98. The number of nitrogens with zero attached hydrogens (tertiary/aromatic N) is 1. The Morgan fingerprint density at radius 2 is 1.87 bits per heavy atom. The van der Waals surface area contributed by atoms with Crippen molar-refractivity contribution < 1.29 is 0 Å². The summed E-state index contributed by atoms with van der Waals surface area (Å²) < 4.78 is 0. The Morgan fingerprint density at radius 3 is 2.60 bits per heavy atom. The molecule has 2 aromatic rings. The summed E-state index contributed by atoms with van der Waals surface area (Å²) in [6, 6.07) is 14.0. The standard InChI is InChI=1S/C12H10ClNS/c13-11-7-4-8-14-12(11)15-9-10-5-2-1-3-6-10/h1-8H,9H2. The summed E-state index contributed by atoms with van der Waals surface area (Å²) in [5.41, 5.74) is 1.28. The summed E-state index contributed by atoms with van der Waals surface area (Å²) in [4.78, 5) is 4.22. The number of aromatic nitrogens is 1. The van der Waals surface area contributed by atoms with Crippen LogP contribution >= 0.6 is 23.4 Å². The van der Waals surface area contributed by atoms with Crippen LogP contribution in [0.2, 0.25) is 5.02 Å². The van der Waals surface area contributed by atoms with Gasteiger partial charge in [-0.15, -0.1) is 11.8 Å². The van der Waals surface area contributed by atoms with Crippen LogP contribution in [0, 0.1) is 0 Å². The normalized spacial score (nSPS) is 10.2. The van der Waals surface area contributed by atoms with E-state index in [1.807, 2.05) is 30.3 Å². The molecule has 15 heavy (non-hydrogen) atoms. The predicted molar refractivity (Wildman–Crippen MR) is 65.3 cm³/mol. The lowest BCUT2D eigenvalue weighted by Crippen LogP contribution is -1.83. The molecule has 0 saturated heterocycles. The second-order valence-corrected chi connectivity index (χ2v) is 4.44. The van der Waals surface area contributed by atoms with Crippen molar-refractivity contribution in [1.29, 1.82) is 0 Å². The molecule has 1 aromatic carbocycles. The fourth-order valence-corrected chi connectivity index (χ4v) is 2.33. The van der Waals surface area contributed by atoms with Crippen molar-refractivity contribution in [3.8, 4) is 0 Å². The number of pyridine rings is 1. The SMILES string of the molecule is Clc1cccnc1SCc1ccccc1. The van der Waals surface area contributed by atoms with Crippen molar-refractivity contribution in [2.24, 2.45) is 0 Å².